The van der Waals surface area contributed by atoms with E-state index in [4.69, 9.17) is 4.74 Å². The molecule has 1 aliphatic heterocycles. The Kier molecular flexibility index (Phi) is 5.79. The van der Waals surface area contributed by atoms with E-state index >= 15 is 0 Å². The number of fused-ring (bicyclic) bond motifs is 1. The third-order valence-electron chi connectivity index (χ3n) is 5.13. The van der Waals surface area contributed by atoms with Gasteiger partial charge in [-0.25, -0.2) is 0 Å². The van der Waals surface area contributed by atoms with Gasteiger partial charge in [0.15, 0.2) is 0 Å². The number of amides is 1. The van der Waals surface area contributed by atoms with E-state index in [0.29, 0.717) is 26.0 Å². The van der Waals surface area contributed by atoms with Crippen molar-refractivity contribution in [1.29, 1.82) is 0 Å². The van der Waals surface area contributed by atoms with Crippen molar-refractivity contribution in [2.45, 2.75) is 39.2 Å². The number of nitrogens with zero attached hydrogens (tertiary/aromatic N) is 1. The number of aryl methyl sites for hydroxylation is 2. The number of carboxylic acids is 1. The maximum Gasteiger partial charge on any atom is 0.312 e. The molecule has 2 aromatic carbocycles. The lowest BCUT2D eigenvalue weighted by molar-refractivity contribution is -0.141. The number of hydrogen-bond acceptors (Lipinski definition) is 3. The van der Waals surface area contributed by atoms with Crippen LogP contribution in [0.3, 0.4) is 0 Å². The predicted molar refractivity (Wildman–Crippen MR) is 103 cm³/mol. The zero-order valence-corrected chi connectivity index (χ0v) is 15.8. The molecule has 0 saturated carbocycles. The Morgan fingerprint density at radius 2 is 1.93 bits per heavy atom. The first-order valence-electron chi connectivity index (χ1n) is 9.24. The number of rotatable bonds is 6. The summed E-state index contributed by atoms with van der Waals surface area (Å²) in [5.41, 5.74) is 4.12. The minimum Gasteiger partial charge on any atom is -0.494 e. The maximum absolute atomic E-state index is 12.6. The lowest BCUT2D eigenvalue weighted by Gasteiger charge is -2.33. The molecule has 0 spiro atoms. The van der Waals surface area contributed by atoms with Crippen molar-refractivity contribution in [1.82, 2.24) is 4.90 Å². The van der Waals surface area contributed by atoms with Gasteiger partial charge in [-0.05, 0) is 54.7 Å². The summed E-state index contributed by atoms with van der Waals surface area (Å²) in [4.78, 5) is 25.8. The molecule has 0 bridgehead atoms. The van der Waals surface area contributed by atoms with E-state index in [1.807, 2.05) is 49.4 Å². The van der Waals surface area contributed by atoms with E-state index < -0.39 is 11.9 Å². The Labute approximate surface area is 159 Å². The molecule has 27 heavy (non-hydrogen) atoms. The fraction of sp³-hybridized carbons (Fsp3) is 0.364. The molecule has 0 aromatic heterocycles. The Morgan fingerprint density at radius 3 is 2.67 bits per heavy atom. The number of ether oxygens (including phenoxy) is 1. The summed E-state index contributed by atoms with van der Waals surface area (Å²) >= 11 is 0. The molecule has 142 valence electrons. The van der Waals surface area contributed by atoms with Crippen LogP contribution < -0.4 is 4.74 Å². The molecule has 1 heterocycles. The first-order valence-corrected chi connectivity index (χ1v) is 9.24. The van der Waals surface area contributed by atoms with Gasteiger partial charge >= 0.3 is 5.97 Å². The fourth-order valence-corrected chi connectivity index (χ4v) is 3.38. The minimum absolute atomic E-state index is 0.0283. The molecular weight excluding hydrogens is 342 g/mol. The molecule has 5 heteroatoms. The summed E-state index contributed by atoms with van der Waals surface area (Å²) in [6.07, 6.45) is 0.945. The van der Waals surface area contributed by atoms with Gasteiger partial charge in [0.2, 0.25) is 5.91 Å². The topological polar surface area (TPSA) is 66.8 Å². The van der Waals surface area contributed by atoms with Crippen molar-refractivity contribution in [2.24, 2.45) is 0 Å². The molecule has 1 aliphatic rings. The van der Waals surface area contributed by atoms with Crippen molar-refractivity contribution < 1.29 is 19.4 Å². The molecule has 3 rings (SSSR count). The largest absolute Gasteiger partial charge is 0.494 e. The normalized spacial score (nSPS) is 15.9. The lowest BCUT2D eigenvalue weighted by atomic mass is 9.89. The molecule has 0 aliphatic carbocycles. The number of carbonyl (C=O) groups excluding carboxylic acids is 1. The SMILES string of the molecule is Cc1ccc(OCCCC(=O)N2Cc3ccccc3C(C(=O)O)C2)cc1C. The Morgan fingerprint density at radius 1 is 1.15 bits per heavy atom. The van der Waals surface area contributed by atoms with Crippen molar-refractivity contribution in [3.8, 4) is 5.75 Å². The molecule has 2 aromatic rings. The van der Waals surface area contributed by atoms with Crippen molar-refractivity contribution in [3.05, 3.63) is 64.7 Å². The van der Waals surface area contributed by atoms with Crippen LogP contribution in [0.5, 0.6) is 5.75 Å². The van der Waals surface area contributed by atoms with Gasteiger partial charge in [-0.3, -0.25) is 9.59 Å². The second-order valence-electron chi connectivity index (χ2n) is 7.06. The summed E-state index contributed by atoms with van der Waals surface area (Å²) < 4.78 is 5.73. The highest BCUT2D eigenvalue weighted by molar-refractivity contribution is 5.81. The van der Waals surface area contributed by atoms with Crippen molar-refractivity contribution in [2.75, 3.05) is 13.2 Å². The van der Waals surface area contributed by atoms with E-state index in [1.54, 1.807) is 4.90 Å². The van der Waals surface area contributed by atoms with E-state index in [-0.39, 0.29) is 12.5 Å². The van der Waals surface area contributed by atoms with Gasteiger partial charge in [0, 0.05) is 19.5 Å². The number of carbonyl (C=O) groups is 2. The second-order valence-corrected chi connectivity index (χ2v) is 7.06. The van der Waals surface area contributed by atoms with Gasteiger partial charge in [-0.15, -0.1) is 0 Å². The number of hydrogen-bond donors (Lipinski definition) is 1. The summed E-state index contributed by atoms with van der Waals surface area (Å²) in [5.74, 6) is -0.772. The molecule has 1 unspecified atom stereocenters. The van der Waals surface area contributed by atoms with Crippen LogP contribution in [0.1, 0.15) is 41.0 Å². The van der Waals surface area contributed by atoms with Gasteiger partial charge in [0.05, 0.1) is 12.5 Å². The van der Waals surface area contributed by atoms with E-state index in [1.165, 1.54) is 11.1 Å². The smallest absolute Gasteiger partial charge is 0.312 e. The maximum atomic E-state index is 12.6. The zero-order valence-electron chi connectivity index (χ0n) is 15.8. The van der Waals surface area contributed by atoms with E-state index in [2.05, 4.69) is 6.92 Å². The second kappa shape index (κ2) is 8.25. The van der Waals surface area contributed by atoms with Crippen LogP contribution in [-0.4, -0.2) is 35.0 Å². The highest BCUT2D eigenvalue weighted by atomic mass is 16.5. The summed E-state index contributed by atoms with van der Waals surface area (Å²) in [6, 6.07) is 13.4. The lowest BCUT2D eigenvalue weighted by Crippen LogP contribution is -2.40. The fourth-order valence-electron chi connectivity index (χ4n) is 3.38. The first kappa shape index (κ1) is 19.0. The van der Waals surface area contributed by atoms with Crippen LogP contribution in [0, 0.1) is 13.8 Å². The summed E-state index contributed by atoms with van der Waals surface area (Å²) in [5, 5.41) is 9.51. The monoisotopic (exact) mass is 367 g/mol. The zero-order chi connectivity index (χ0) is 19.4. The molecule has 1 amide bonds. The predicted octanol–water partition coefficient (Wildman–Crippen LogP) is 3.67. The van der Waals surface area contributed by atoms with Gasteiger partial charge in [-0.1, -0.05) is 30.3 Å². The highest BCUT2D eigenvalue weighted by Crippen LogP contribution is 2.29. The van der Waals surface area contributed by atoms with Gasteiger partial charge < -0.3 is 14.7 Å². The quantitative estimate of drug-likeness (QED) is 0.791. The van der Waals surface area contributed by atoms with Gasteiger partial charge in [0.1, 0.15) is 5.75 Å². The molecule has 0 radical (unpaired) electrons. The van der Waals surface area contributed by atoms with E-state index in [9.17, 15) is 14.7 Å². The third-order valence-corrected chi connectivity index (χ3v) is 5.13. The Balaban J connectivity index is 1.54. The molecule has 0 saturated heterocycles. The molecule has 1 atom stereocenters. The third kappa shape index (κ3) is 4.48. The molecule has 5 nitrogen and oxygen atoms in total. The van der Waals surface area contributed by atoms with Crippen LogP contribution in [0.4, 0.5) is 0 Å². The van der Waals surface area contributed by atoms with Gasteiger partial charge in [0.25, 0.3) is 0 Å². The Bertz CT molecular complexity index is 846. The standard InChI is InChI=1S/C22H25NO4/c1-15-9-10-18(12-16(15)2)27-11-5-8-21(24)23-13-17-6-3-4-7-19(17)20(14-23)22(25)26/h3-4,6-7,9-10,12,20H,5,8,11,13-14H2,1-2H3,(H,25,26). The molecular formula is C22H25NO4. The molecule has 0 fully saturated rings. The van der Waals surface area contributed by atoms with E-state index in [0.717, 1.165) is 16.9 Å². The van der Waals surface area contributed by atoms with Crippen LogP contribution in [0.2, 0.25) is 0 Å². The number of aliphatic carboxylic acids is 1. The van der Waals surface area contributed by atoms with Crippen LogP contribution in [0.25, 0.3) is 0 Å². The van der Waals surface area contributed by atoms with Crippen molar-refractivity contribution in [3.63, 3.8) is 0 Å². The first-order chi connectivity index (χ1) is 13.0. The summed E-state index contributed by atoms with van der Waals surface area (Å²) in [7, 11) is 0. The van der Waals surface area contributed by atoms with Crippen LogP contribution in [-0.2, 0) is 16.1 Å². The number of benzene rings is 2. The number of carboxylic acid groups (broad SMARTS) is 1. The van der Waals surface area contributed by atoms with Crippen LogP contribution >= 0.6 is 0 Å². The minimum atomic E-state index is -0.891. The highest BCUT2D eigenvalue weighted by Gasteiger charge is 2.31. The molecule has 1 N–H and O–H groups in total. The average molecular weight is 367 g/mol. The van der Waals surface area contributed by atoms with Crippen molar-refractivity contribution >= 4 is 11.9 Å². The average Bonchev–Trinajstić information content (AvgIpc) is 2.66. The Hall–Kier alpha value is -2.82. The van der Waals surface area contributed by atoms with Gasteiger partial charge in [-0.2, -0.15) is 0 Å². The summed E-state index contributed by atoms with van der Waals surface area (Å²) in [6.45, 7) is 5.25. The van der Waals surface area contributed by atoms with Crippen LogP contribution in [0.15, 0.2) is 42.5 Å².